The second kappa shape index (κ2) is 11.3. The standard InChI is InChI=1S/C25H28N2O7/c1-3-15(12-22(28)27-21(24(30)31)13-23(29)33-2)26-25(32)34-14-20-18-10-6-4-8-16(18)17-9-5-7-11-19(17)20/h4-11,15,20-21H,3,12-14H2,1-2H3,(H,26,32)(H,27,28)(H,30,31)/t15-,21-/m1/s1. The summed E-state index contributed by atoms with van der Waals surface area (Å²) in [6.07, 6.45) is -0.891. The van der Waals surface area contributed by atoms with Gasteiger partial charge in [0.05, 0.1) is 13.5 Å². The van der Waals surface area contributed by atoms with Crippen LogP contribution in [0.2, 0.25) is 0 Å². The van der Waals surface area contributed by atoms with Crippen LogP contribution in [-0.4, -0.2) is 54.8 Å². The number of fused-ring (bicyclic) bond motifs is 3. The molecule has 1 aliphatic rings. The highest BCUT2D eigenvalue weighted by molar-refractivity contribution is 5.87. The summed E-state index contributed by atoms with van der Waals surface area (Å²) in [4.78, 5) is 47.4. The van der Waals surface area contributed by atoms with Gasteiger partial charge in [-0.2, -0.15) is 0 Å². The molecular weight excluding hydrogens is 440 g/mol. The molecule has 3 N–H and O–H groups in total. The first-order chi connectivity index (χ1) is 16.3. The van der Waals surface area contributed by atoms with Crippen LogP contribution < -0.4 is 10.6 Å². The number of methoxy groups -OCH3 is 1. The van der Waals surface area contributed by atoms with E-state index in [2.05, 4.69) is 15.4 Å². The predicted molar refractivity (Wildman–Crippen MR) is 123 cm³/mol. The van der Waals surface area contributed by atoms with Gasteiger partial charge in [-0.1, -0.05) is 55.5 Å². The Labute approximate surface area is 197 Å². The number of carbonyl (C=O) groups is 4. The maximum absolute atomic E-state index is 12.5. The number of carbonyl (C=O) groups excluding carboxylic acids is 3. The van der Waals surface area contributed by atoms with Crippen molar-refractivity contribution in [2.45, 2.75) is 44.2 Å². The van der Waals surface area contributed by atoms with Gasteiger partial charge in [-0.05, 0) is 28.7 Å². The lowest BCUT2D eigenvalue weighted by molar-refractivity contribution is -0.148. The van der Waals surface area contributed by atoms with E-state index in [-0.39, 0.29) is 18.9 Å². The highest BCUT2D eigenvalue weighted by Gasteiger charge is 2.29. The fourth-order valence-electron chi connectivity index (χ4n) is 4.03. The van der Waals surface area contributed by atoms with E-state index in [1.165, 1.54) is 0 Å². The van der Waals surface area contributed by atoms with Crippen molar-refractivity contribution in [1.29, 1.82) is 0 Å². The molecule has 0 radical (unpaired) electrons. The number of amides is 2. The molecule has 2 amide bonds. The summed E-state index contributed by atoms with van der Waals surface area (Å²) in [6.45, 7) is 1.92. The van der Waals surface area contributed by atoms with Crippen LogP contribution in [0.5, 0.6) is 0 Å². The van der Waals surface area contributed by atoms with E-state index in [4.69, 9.17) is 4.74 Å². The van der Waals surface area contributed by atoms with Crippen molar-refractivity contribution in [3.8, 4) is 11.1 Å². The first kappa shape index (κ1) is 24.8. The normalized spacial score (nSPS) is 13.7. The van der Waals surface area contributed by atoms with E-state index < -0.39 is 42.4 Å². The summed E-state index contributed by atoms with van der Waals surface area (Å²) in [7, 11) is 1.13. The zero-order valence-corrected chi connectivity index (χ0v) is 19.1. The Kier molecular flexibility index (Phi) is 8.24. The van der Waals surface area contributed by atoms with Gasteiger partial charge in [-0.15, -0.1) is 0 Å². The van der Waals surface area contributed by atoms with Gasteiger partial charge in [0.15, 0.2) is 0 Å². The number of hydrogen-bond acceptors (Lipinski definition) is 6. The lowest BCUT2D eigenvalue weighted by atomic mass is 9.98. The first-order valence-corrected chi connectivity index (χ1v) is 11.0. The Morgan fingerprint density at radius 2 is 1.53 bits per heavy atom. The van der Waals surface area contributed by atoms with Gasteiger partial charge in [0.2, 0.25) is 5.91 Å². The van der Waals surface area contributed by atoms with E-state index in [0.29, 0.717) is 6.42 Å². The largest absolute Gasteiger partial charge is 0.480 e. The second-order valence-electron chi connectivity index (χ2n) is 8.02. The number of aliphatic carboxylic acids is 1. The minimum Gasteiger partial charge on any atom is -0.480 e. The zero-order valence-electron chi connectivity index (χ0n) is 19.1. The van der Waals surface area contributed by atoms with Crippen molar-refractivity contribution in [3.63, 3.8) is 0 Å². The molecule has 0 unspecified atom stereocenters. The summed E-state index contributed by atoms with van der Waals surface area (Å²) >= 11 is 0. The number of hydrogen-bond donors (Lipinski definition) is 3. The molecule has 0 spiro atoms. The van der Waals surface area contributed by atoms with Gasteiger partial charge >= 0.3 is 18.0 Å². The molecule has 180 valence electrons. The quantitative estimate of drug-likeness (QED) is 0.457. The van der Waals surface area contributed by atoms with Crippen LogP contribution in [0.4, 0.5) is 4.79 Å². The van der Waals surface area contributed by atoms with Crippen LogP contribution in [0.1, 0.15) is 43.2 Å². The van der Waals surface area contributed by atoms with Crippen LogP contribution in [0, 0.1) is 0 Å². The van der Waals surface area contributed by atoms with Gasteiger partial charge in [-0.3, -0.25) is 9.59 Å². The molecular formula is C25H28N2O7. The molecule has 2 aromatic carbocycles. The fraction of sp³-hybridized carbons (Fsp3) is 0.360. The summed E-state index contributed by atoms with van der Waals surface area (Å²) in [5.74, 6) is -2.80. The Hall–Kier alpha value is -3.88. The molecule has 1 aliphatic carbocycles. The van der Waals surface area contributed by atoms with Crippen LogP contribution in [0.25, 0.3) is 11.1 Å². The molecule has 0 bridgehead atoms. The first-order valence-electron chi connectivity index (χ1n) is 11.0. The van der Waals surface area contributed by atoms with Crippen LogP contribution in [-0.2, 0) is 23.9 Å². The summed E-state index contributed by atoms with van der Waals surface area (Å²) in [5, 5.41) is 14.2. The number of esters is 1. The number of carboxylic acid groups (broad SMARTS) is 1. The topological polar surface area (TPSA) is 131 Å². The van der Waals surface area contributed by atoms with Crippen molar-refractivity contribution in [1.82, 2.24) is 10.6 Å². The molecule has 0 aromatic heterocycles. The average Bonchev–Trinajstić information content (AvgIpc) is 3.15. The molecule has 0 fully saturated rings. The third kappa shape index (κ3) is 5.92. The van der Waals surface area contributed by atoms with Gasteiger partial charge in [0.1, 0.15) is 12.6 Å². The van der Waals surface area contributed by atoms with Gasteiger partial charge < -0.3 is 25.2 Å². The number of carboxylic acids is 1. The second-order valence-corrected chi connectivity index (χ2v) is 8.02. The van der Waals surface area contributed by atoms with Crippen molar-refractivity contribution in [3.05, 3.63) is 59.7 Å². The average molecular weight is 469 g/mol. The molecule has 3 rings (SSSR count). The molecule has 9 nitrogen and oxygen atoms in total. The molecule has 9 heteroatoms. The molecule has 0 saturated carbocycles. The summed E-state index contributed by atoms with van der Waals surface area (Å²) in [5.41, 5.74) is 4.42. The van der Waals surface area contributed by atoms with Crippen LogP contribution >= 0.6 is 0 Å². The molecule has 0 saturated heterocycles. The lowest BCUT2D eigenvalue weighted by Crippen LogP contribution is -2.45. The van der Waals surface area contributed by atoms with Crippen LogP contribution in [0.15, 0.2) is 48.5 Å². The maximum atomic E-state index is 12.5. The maximum Gasteiger partial charge on any atom is 0.407 e. The van der Waals surface area contributed by atoms with E-state index in [0.717, 1.165) is 29.4 Å². The SMILES string of the molecule is CC[C@H](CC(=O)N[C@H](CC(=O)OC)C(=O)O)NC(=O)OCC1c2ccccc2-c2ccccc21. The highest BCUT2D eigenvalue weighted by Crippen LogP contribution is 2.44. The number of rotatable bonds is 10. The van der Waals surface area contributed by atoms with Crippen molar-refractivity contribution in [2.24, 2.45) is 0 Å². The van der Waals surface area contributed by atoms with Gasteiger partial charge in [-0.25, -0.2) is 9.59 Å². The van der Waals surface area contributed by atoms with Crippen molar-refractivity contribution >= 4 is 23.9 Å². The third-order valence-electron chi connectivity index (χ3n) is 5.82. The Morgan fingerprint density at radius 3 is 2.06 bits per heavy atom. The van der Waals surface area contributed by atoms with Crippen LogP contribution in [0.3, 0.4) is 0 Å². The van der Waals surface area contributed by atoms with E-state index in [9.17, 15) is 24.3 Å². The number of ether oxygens (including phenoxy) is 2. The Balaban J connectivity index is 1.55. The minimum atomic E-state index is -1.41. The highest BCUT2D eigenvalue weighted by atomic mass is 16.5. The summed E-state index contributed by atoms with van der Waals surface area (Å²) in [6, 6.07) is 14.0. The van der Waals surface area contributed by atoms with Crippen molar-refractivity contribution in [2.75, 3.05) is 13.7 Å². The number of alkyl carbamates (subject to hydrolysis) is 1. The monoisotopic (exact) mass is 468 g/mol. The molecule has 0 heterocycles. The molecule has 2 aromatic rings. The lowest BCUT2D eigenvalue weighted by Gasteiger charge is -2.20. The third-order valence-corrected chi connectivity index (χ3v) is 5.82. The zero-order chi connectivity index (χ0) is 24.7. The Morgan fingerprint density at radius 1 is 0.941 bits per heavy atom. The summed E-state index contributed by atoms with van der Waals surface area (Å²) < 4.78 is 9.96. The minimum absolute atomic E-state index is 0.0869. The van der Waals surface area contributed by atoms with Gasteiger partial charge in [0, 0.05) is 18.4 Å². The molecule has 34 heavy (non-hydrogen) atoms. The van der Waals surface area contributed by atoms with E-state index >= 15 is 0 Å². The van der Waals surface area contributed by atoms with Gasteiger partial charge in [0.25, 0.3) is 0 Å². The predicted octanol–water partition coefficient (Wildman–Crippen LogP) is 2.83. The Bertz CT molecular complexity index is 1020. The molecule has 0 aliphatic heterocycles. The fourth-order valence-corrected chi connectivity index (χ4v) is 4.03. The smallest absolute Gasteiger partial charge is 0.407 e. The number of benzene rings is 2. The number of nitrogens with one attached hydrogen (secondary N) is 2. The van der Waals surface area contributed by atoms with Crippen molar-refractivity contribution < 1.29 is 33.8 Å². The van der Waals surface area contributed by atoms with E-state index in [1.807, 2.05) is 48.5 Å². The molecule has 2 atom stereocenters. The van der Waals surface area contributed by atoms with E-state index in [1.54, 1.807) is 6.92 Å².